The van der Waals surface area contributed by atoms with E-state index >= 15 is 0 Å². The normalized spacial score (nSPS) is 22.9. The number of hydrogen-bond donors (Lipinski definition) is 0. The Kier molecular flexibility index (Phi) is 6.29. The van der Waals surface area contributed by atoms with Crippen LogP contribution in [-0.2, 0) is 17.6 Å². The number of Topliss-reactive ketones (excluding diaryl/α,β-unsaturated/α-hetero) is 1. The lowest BCUT2D eigenvalue weighted by Crippen LogP contribution is -2.38. The van der Waals surface area contributed by atoms with E-state index in [9.17, 15) is 4.79 Å². The van der Waals surface area contributed by atoms with E-state index in [1.807, 2.05) is 0 Å². The summed E-state index contributed by atoms with van der Waals surface area (Å²) in [6.45, 7) is 8.42. The van der Waals surface area contributed by atoms with Gasteiger partial charge in [0.1, 0.15) is 5.78 Å². The Morgan fingerprint density at radius 1 is 1.00 bits per heavy atom. The van der Waals surface area contributed by atoms with Crippen LogP contribution in [0.2, 0.25) is 0 Å². The molecule has 1 aliphatic carbocycles. The Labute approximate surface area is 165 Å². The molecule has 0 saturated carbocycles. The molecule has 3 heteroatoms. The molecule has 148 valence electrons. The van der Waals surface area contributed by atoms with Crippen LogP contribution >= 0.6 is 0 Å². The third-order valence-corrected chi connectivity index (χ3v) is 7.22. The Morgan fingerprint density at radius 2 is 1.74 bits per heavy atom. The quantitative estimate of drug-likeness (QED) is 0.757. The summed E-state index contributed by atoms with van der Waals surface area (Å²) < 4.78 is 0. The summed E-state index contributed by atoms with van der Waals surface area (Å²) in [6.07, 6.45) is 10.6. The lowest BCUT2D eigenvalue weighted by Gasteiger charge is -2.35. The topological polar surface area (TPSA) is 23.6 Å². The van der Waals surface area contributed by atoms with Gasteiger partial charge < -0.3 is 4.90 Å². The van der Waals surface area contributed by atoms with Gasteiger partial charge in [-0.15, -0.1) is 0 Å². The lowest BCUT2D eigenvalue weighted by molar-refractivity contribution is -0.118. The second-order valence-corrected chi connectivity index (χ2v) is 9.16. The Balaban J connectivity index is 1.20. The molecule has 0 unspecified atom stereocenters. The minimum atomic E-state index is 0.306. The maximum absolute atomic E-state index is 11.3. The highest BCUT2D eigenvalue weighted by molar-refractivity contribution is 5.77. The number of carbonyl (C=O) groups excluding carboxylic acids is 1. The van der Waals surface area contributed by atoms with Gasteiger partial charge in [-0.2, -0.15) is 0 Å². The van der Waals surface area contributed by atoms with E-state index in [0.29, 0.717) is 12.3 Å². The highest BCUT2D eigenvalue weighted by atomic mass is 16.1. The monoisotopic (exact) mass is 368 g/mol. The maximum atomic E-state index is 11.3. The average Bonchev–Trinajstić information content (AvgIpc) is 3.16. The molecular formula is C24H36N2O. The SMILES string of the molecule is CC(=O)CN1CCC(CCN2CCC(c3cccc4c3CCC4)CC2)CC1. The van der Waals surface area contributed by atoms with Gasteiger partial charge in [0.05, 0.1) is 6.54 Å². The second kappa shape index (κ2) is 8.87. The lowest BCUT2D eigenvalue weighted by atomic mass is 9.85. The summed E-state index contributed by atoms with van der Waals surface area (Å²) in [5.41, 5.74) is 5.02. The van der Waals surface area contributed by atoms with Gasteiger partial charge in [-0.3, -0.25) is 9.69 Å². The van der Waals surface area contributed by atoms with Crippen LogP contribution < -0.4 is 0 Å². The molecular weight excluding hydrogens is 332 g/mol. The molecule has 0 N–H and O–H groups in total. The van der Waals surface area contributed by atoms with Crippen molar-refractivity contribution in [2.75, 3.05) is 39.3 Å². The van der Waals surface area contributed by atoms with Gasteiger partial charge >= 0.3 is 0 Å². The molecule has 2 aliphatic heterocycles. The third kappa shape index (κ3) is 4.81. The van der Waals surface area contributed by atoms with Crippen LogP contribution in [0.5, 0.6) is 0 Å². The summed E-state index contributed by atoms with van der Waals surface area (Å²) in [7, 11) is 0. The molecule has 0 aromatic heterocycles. The molecule has 0 atom stereocenters. The molecule has 2 fully saturated rings. The smallest absolute Gasteiger partial charge is 0.143 e. The van der Waals surface area contributed by atoms with E-state index in [0.717, 1.165) is 24.9 Å². The average molecular weight is 369 g/mol. The molecule has 0 bridgehead atoms. The first kappa shape index (κ1) is 19.1. The van der Waals surface area contributed by atoms with Crippen molar-refractivity contribution in [2.45, 2.75) is 64.2 Å². The second-order valence-electron chi connectivity index (χ2n) is 9.16. The Morgan fingerprint density at radius 3 is 2.48 bits per heavy atom. The largest absolute Gasteiger partial charge is 0.303 e. The zero-order chi connectivity index (χ0) is 18.6. The summed E-state index contributed by atoms with van der Waals surface area (Å²) in [6, 6.07) is 7.06. The van der Waals surface area contributed by atoms with Crippen molar-refractivity contribution in [3.05, 3.63) is 34.9 Å². The molecule has 3 aliphatic rings. The Bertz CT molecular complexity index is 640. The predicted molar refractivity (Wildman–Crippen MR) is 111 cm³/mol. The summed E-state index contributed by atoms with van der Waals surface area (Å²) in [5.74, 6) is 1.97. The summed E-state index contributed by atoms with van der Waals surface area (Å²) in [5, 5.41) is 0. The maximum Gasteiger partial charge on any atom is 0.143 e. The number of nitrogens with zero attached hydrogens (tertiary/aromatic N) is 2. The highest BCUT2D eigenvalue weighted by Gasteiger charge is 2.26. The van der Waals surface area contributed by atoms with E-state index in [4.69, 9.17) is 0 Å². The van der Waals surface area contributed by atoms with Crippen LogP contribution in [0.1, 0.15) is 68.1 Å². The minimum absolute atomic E-state index is 0.306. The number of rotatable bonds is 6. The molecule has 1 aromatic carbocycles. The minimum Gasteiger partial charge on any atom is -0.303 e. The van der Waals surface area contributed by atoms with E-state index in [1.165, 1.54) is 71.0 Å². The molecule has 3 nitrogen and oxygen atoms in total. The number of piperidine rings is 2. The zero-order valence-electron chi connectivity index (χ0n) is 17.1. The van der Waals surface area contributed by atoms with Gasteiger partial charge in [-0.05, 0) is 120 Å². The third-order valence-electron chi connectivity index (χ3n) is 7.22. The van der Waals surface area contributed by atoms with Crippen molar-refractivity contribution in [1.29, 1.82) is 0 Å². The van der Waals surface area contributed by atoms with E-state index in [-0.39, 0.29) is 0 Å². The van der Waals surface area contributed by atoms with Crippen LogP contribution in [0.15, 0.2) is 18.2 Å². The molecule has 27 heavy (non-hydrogen) atoms. The first-order chi connectivity index (χ1) is 13.2. The molecule has 1 aromatic rings. The van der Waals surface area contributed by atoms with Crippen LogP contribution in [-0.4, -0.2) is 54.9 Å². The molecule has 4 rings (SSSR count). The first-order valence-electron chi connectivity index (χ1n) is 11.2. The molecule has 0 spiro atoms. The van der Waals surface area contributed by atoms with Crippen molar-refractivity contribution < 1.29 is 4.79 Å². The van der Waals surface area contributed by atoms with Crippen LogP contribution in [0.3, 0.4) is 0 Å². The van der Waals surface area contributed by atoms with Crippen LogP contribution in [0, 0.1) is 5.92 Å². The number of aryl methyl sites for hydroxylation is 1. The van der Waals surface area contributed by atoms with E-state index < -0.39 is 0 Å². The van der Waals surface area contributed by atoms with Crippen molar-refractivity contribution >= 4 is 5.78 Å². The van der Waals surface area contributed by atoms with Gasteiger partial charge in [0, 0.05) is 0 Å². The molecule has 0 radical (unpaired) electrons. The number of benzene rings is 1. The van der Waals surface area contributed by atoms with Crippen molar-refractivity contribution in [1.82, 2.24) is 9.80 Å². The number of likely N-dealkylation sites (tertiary alicyclic amines) is 2. The van der Waals surface area contributed by atoms with Gasteiger partial charge in [0.2, 0.25) is 0 Å². The van der Waals surface area contributed by atoms with Gasteiger partial charge in [-0.25, -0.2) is 0 Å². The van der Waals surface area contributed by atoms with Crippen LogP contribution in [0.4, 0.5) is 0 Å². The fourth-order valence-corrected chi connectivity index (χ4v) is 5.61. The number of carbonyl (C=O) groups is 1. The molecule has 2 heterocycles. The van der Waals surface area contributed by atoms with Crippen molar-refractivity contribution in [3.63, 3.8) is 0 Å². The number of ketones is 1. The number of hydrogen-bond acceptors (Lipinski definition) is 3. The van der Waals surface area contributed by atoms with E-state index in [2.05, 4.69) is 28.0 Å². The Hall–Kier alpha value is -1.19. The summed E-state index contributed by atoms with van der Waals surface area (Å²) in [4.78, 5) is 16.3. The van der Waals surface area contributed by atoms with E-state index in [1.54, 1.807) is 23.6 Å². The van der Waals surface area contributed by atoms with Crippen LogP contribution in [0.25, 0.3) is 0 Å². The molecule has 2 saturated heterocycles. The first-order valence-corrected chi connectivity index (χ1v) is 11.2. The molecule has 0 amide bonds. The van der Waals surface area contributed by atoms with Crippen molar-refractivity contribution in [2.24, 2.45) is 5.92 Å². The van der Waals surface area contributed by atoms with Gasteiger partial charge in [0.25, 0.3) is 0 Å². The van der Waals surface area contributed by atoms with Gasteiger partial charge in [-0.1, -0.05) is 18.2 Å². The highest BCUT2D eigenvalue weighted by Crippen LogP contribution is 2.35. The summed E-state index contributed by atoms with van der Waals surface area (Å²) >= 11 is 0. The zero-order valence-corrected chi connectivity index (χ0v) is 17.1. The van der Waals surface area contributed by atoms with Crippen molar-refractivity contribution in [3.8, 4) is 0 Å². The fourth-order valence-electron chi connectivity index (χ4n) is 5.61. The van der Waals surface area contributed by atoms with Gasteiger partial charge in [0.15, 0.2) is 0 Å². The standard InChI is InChI=1S/C24H36N2O/c1-19(27)18-26-14-9-20(10-15-26)8-13-25-16-11-22(12-17-25)24-7-3-5-21-4-2-6-23(21)24/h3,5,7,20,22H,2,4,6,8-18H2,1H3. The predicted octanol–water partition coefficient (Wildman–Crippen LogP) is 4.05. The number of fused-ring (bicyclic) bond motifs is 1. The fraction of sp³-hybridized carbons (Fsp3) is 0.708.